The van der Waals surface area contributed by atoms with Crippen LogP contribution in [0.4, 0.5) is 0 Å². The zero-order valence-corrected chi connectivity index (χ0v) is 9.75. The molecule has 4 heteroatoms. The number of hydrogen-bond acceptors (Lipinski definition) is 3. The van der Waals surface area contributed by atoms with Crippen molar-refractivity contribution in [2.75, 3.05) is 5.75 Å². The second-order valence-corrected chi connectivity index (χ2v) is 4.55. The molecule has 2 aromatic rings. The quantitative estimate of drug-likeness (QED) is 0.885. The minimum absolute atomic E-state index is 0.144. The molecule has 0 aromatic carbocycles. The molecule has 2 heterocycles. The molecule has 0 bridgehead atoms. The van der Waals surface area contributed by atoms with E-state index in [0.717, 1.165) is 16.6 Å². The molecule has 0 radical (unpaired) electrons. The summed E-state index contributed by atoms with van der Waals surface area (Å²) in [5.74, 6) is 0.711. The smallest absolute Gasteiger partial charge is 0.186 e. The largest absolute Gasteiger partial charge is 0.346 e. The fourth-order valence-electron chi connectivity index (χ4n) is 1.46. The Bertz CT molecular complexity index is 531. The number of hydrogen-bond donors (Lipinski definition) is 1. The van der Waals surface area contributed by atoms with Gasteiger partial charge in [0.2, 0.25) is 0 Å². The summed E-state index contributed by atoms with van der Waals surface area (Å²) in [6.45, 7) is 1.58. The molecule has 3 nitrogen and oxygen atoms in total. The van der Waals surface area contributed by atoms with Crippen LogP contribution in [-0.2, 0) is 4.79 Å². The molecule has 0 atom stereocenters. The molecule has 0 aliphatic carbocycles. The first-order valence-corrected chi connectivity index (χ1v) is 5.98. The van der Waals surface area contributed by atoms with Crippen LogP contribution >= 0.6 is 11.8 Å². The van der Waals surface area contributed by atoms with Gasteiger partial charge in [-0.2, -0.15) is 0 Å². The molecule has 0 aliphatic rings. The van der Waals surface area contributed by atoms with Crippen LogP contribution in [0.1, 0.15) is 12.5 Å². The van der Waals surface area contributed by atoms with Crippen molar-refractivity contribution in [3.63, 3.8) is 0 Å². The van der Waals surface area contributed by atoms with Gasteiger partial charge in [0.15, 0.2) is 5.12 Å². The summed E-state index contributed by atoms with van der Waals surface area (Å²) in [6.07, 6.45) is 7.68. The molecule has 16 heavy (non-hydrogen) atoms. The van der Waals surface area contributed by atoms with E-state index in [1.54, 1.807) is 13.1 Å². The van der Waals surface area contributed by atoms with Crippen LogP contribution in [0, 0.1) is 0 Å². The second-order valence-electron chi connectivity index (χ2n) is 3.35. The number of pyridine rings is 1. The maximum absolute atomic E-state index is 10.7. The number of aromatic nitrogens is 2. The van der Waals surface area contributed by atoms with Crippen molar-refractivity contribution in [2.24, 2.45) is 0 Å². The Balaban J connectivity index is 2.12. The fraction of sp³-hybridized carbons (Fsp3) is 0.167. The highest BCUT2D eigenvalue weighted by Gasteiger charge is 1.99. The summed E-state index contributed by atoms with van der Waals surface area (Å²) >= 11 is 1.31. The molecular formula is C12H12N2OS. The Morgan fingerprint density at radius 1 is 1.62 bits per heavy atom. The molecular weight excluding hydrogens is 220 g/mol. The van der Waals surface area contributed by atoms with Crippen LogP contribution in [0.15, 0.2) is 30.6 Å². The highest BCUT2D eigenvalue weighted by molar-refractivity contribution is 8.13. The van der Waals surface area contributed by atoms with E-state index in [1.165, 1.54) is 11.8 Å². The fourth-order valence-corrected chi connectivity index (χ4v) is 1.88. The maximum Gasteiger partial charge on any atom is 0.186 e. The van der Waals surface area contributed by atoms with Gasteiger partial charge in [-0.3, -0.25) is 4.79 Å². The number of fused-ring (bicyclic) bond motifs is 1. The van der Waals surface area contributed by atoms with Crippen molar-refractivity contribution in [3.05, 3.63) is 36.2 Å². The van der Waals surface area contributed by atoms with Crippen LogP contribution < -0.4 is 0 Å². The molecule has 0 amide bonds. The summed E-state index contributed by atoms with van der Waals surface area (Å²) in [5, 5.41) is 1.25. The first-order valence-electron chi connectivity index (χ1n) is 4.99. The average molecular weight is 232 g/mol. The Hall–Kier alpha value is -1.55. The van der Waals surface area contributed by atoms with E-state index in [0.29, 0.717) is 5.75 Å². The number of nitrogens with one attached hydrogen (secondary N) is 1. The van der Waals surface area contributed by atoms with Crippen LogP contribution in [0.25, 0.3) is 17.1 Å². The van der Waals surface area contributed by atoms with Gasteiger partial charge in [0.25, 0.3) is 0 Å². The van der Waals surface area contributed by atoms with E-state index < -0.39 is 0 Å². The van der Waals surface area contributed by atoms with Crippen molar-refractivity contribution >= 4 is 34.0 Å². The molecule has 2 rings (SSSR count). The van der Waals surface area contributed by atoms with Crippen molar-refractivity contribution in [1.82, 2.24) is 9.97 Å². The highest BCUT2D eigenvalue weighted by atomic mass is 32.2. The topological polar surface area (TPSA) is 45.8 Å². The van der Waals surface area contributed by atoms with Gasteiger partial charge in [-0.25, -0.2) is 4.98 Å². The Kier molecular flexibility index (Phi) is 3.41. The SMILES string of the molecule is CC(=O)SCC=Cc1c[nH]c2ncccc12. The first kappa shape index (κ1) is 11.0. The first-order chi connectivity index (χ1) is 7.77. The Morgan fingerprint density at radius 2 is 2.50 bits per heavy atom. The van der Waals surface area contributed by atoms with E-state index in [2.05, 4.69) is 9.97 Å². The number of thioether (sulfide) groups is 1. The molecule has 0 saturated carbocycles. The number of H-pyrrole nitrogens is 1. The monoisotopic (exact) mass is 232 g/mol. The zero-order chi connectivity index (χ0) is 11.4. The van der Waals surface area contributed by atoms with Gasteiger partial charge in [-0.15, -0.1) is 0 Å². The lowest BCUT2D eigenvalue weighted by Gasteiger charge is -1.90. The van der Waals surface area contributed by atoms with Gasteiger partial charge in [0, 0.05) is 36.0 Å². The van der Waals surface area contributed by atoms with Crippen molar-refractivity contribution < 1.29 is 4.79 Å². The summed E-state index contributed by atoms with van der Waals surface area (Å²) in [4.78, 5) is 18.0. The molecule has 0 fully saturated rings. The summed E-state index contributed by atoms with van der Waals surface area (Å²) < 4.78 is 0. The van der Waals surface area contributed by atoms with Crippen molar-refractivity contribution in [1.29, 1.82) is 0 Å². The molecule has 0 aliphatic heterocycles. The van der Waals surface area contributed by atoms with Gasteiger partial charge in [0.1, 0.15) is 5.65 Å². The standard InChI is InChI=1S/C12H12N2OS/c1-9(15)16-7-3-4-10-8-14-12-11(10)5-2-6-13-12/h2-6,8H,7H2,1H3,(H,13,14). The molecule has 0 spiro atoms. The lowest BCUT2D eigenvalue weighted by molar-refractivity contribution is -0.109. The van der Waals surface area contributed by atoms with Gasteiger partial charge in [0.05, 0.1) is 0 Å². The lowest BCUT2D eigenvalue weighted by Crippen LogP contribution is -1.81. The molecule has 0 unspecified atom stereocenters. The molecule has 0 saturated heterocycles. The van der Waals surface area contributed by atoms with E-state index in [9.17, 15) is 4.79 Å². The zero-order valence-electron chi connectivity index (χ0n) is 8.93. The summed E-state index contributed by atoms with van der Waals surface area (Å²) in [7, 11) is 0. The molecule has 82 valence electrons. The number of nitrogens with zero attached hydrogens (tertiary/aromatic N) is 1. The van der Waals surface area contributed by atoms with E-state index in [-0.39, 0.29) is 5.12 Å². The minimum Gasteiger partial charge on any atom is -0.346 e. The van der Waals surface area contributed by atoms with Crippen LogP contribution in [0.3, 0.4) is 0 Å². The normalized spacial score (nSPS) is 11.3. The molecule has 1 N–H and O–H groups in total. The number of rotatable bonds is 3. The predicted octanol–water partition coefficient (Wildman–Crippen LogP) is 2.86. The van der Waals surface area contributed by atoms with Crippen molar-refractivity contribution in [3.8, 4) is 0 Å². The lowest BCUT2D eigenvalue weighted by atomic mass is 10.2. The van der Waals surface area contributed by atoms with Crippen LogP contribution in [-0.4, -0.2) is 20.8 Å². The second kappa shape index (κ2) is 4.99. The summed E-state index contributed by atoms with van der Waals surface area (Å²) in [6, 6.07) is 3.94. The maximum atomic E-state index is 10.7. The number of aromatic amines is 1. The predicted molar refractivity (Wildman–Crippen MR) is 68.3 cm³/mol. The van der Waals surface area contributed by atoms with Gasteiger partial charge in [-0.1, -0.05) is 23.9 Å². The Morgan fingerprint density at radius 3 is 3.31 bits per heavy atom. The number of carbonyl (C=O) groups excluding carboxylic acids is 1. The van der Waals surface area contributed by atoms with E-state index >= 15 is 0 Å². The Labute approximate surface area is 98.0 Å². The third-order valence-electron chi connectivity index (χ3n) is 2.16. The minimum atomic E-state index is 0.144. The highest BCUT2D eigenvalue weighted by Crippen LogP contribution is 2.17. The average Bonchev–Trinajstić information content (AvgIpc) is 2.68. The third-order valence-corrected chi connectivity index (χ3v) is 2.93. The van der Waals surface area contributed by atoms with Gasteiger partial charge in [-0.05, 0) is 12.1 Å². The van der Waals surface area contributed by atoms with Crippen LogP contribution in [0.5, 0.6) is 0 Å². The van der Waals surface area contributed by atoms with Gasteiger partial charge >= 0.3 is 0 Å². The van der Waals surface area contributed by atoms with Crippen molar-refractivity contribution in [2.45, 2.75) is 6.92 Å². The molecule has 2 aromatic heterocycles. The number of carbonyl (C=O) groups is 1. The van der Waals surface area contributed by atoms with E-state index in [4.69, 9.17) is 0 Å². The van der Waals surface area contributed by atoms with Crippen LogP contribution in [0.2, 0.25) is 0 Å². The third kappa shape index (κ3) is 2.52. The van der Waals surface area contributed by atoms with E-state index in [1.807, 2.05) is 30.5 Å². The van der Waals surface area contributed by atoms with Gasteiger partial charge < -0.3 is 4.98 Å². The summed E-state index contributed by atoms with van der Waals surface area (Å²) in [5.41, 5.74) is 1.99.